The van der Waals surface area contributed by atoms with Crippen molar-refractivity contribution in [1.82, 2.24) is 15.4 Å². The van der Waals surface area contributed by atoms with Crippen molar-refractivity contribution in [3.8, 4) is 11.1 Å². The number of fused-ring (bicyclic) bond motifs is 3. The molecule has 1 fully saturated rings. The fraction of sp³-hybridized carbons (Fsp3) is 0.308. The molecule has 2 amide bonds. The second kappa shape index (κ2) is 9.25. The van der Waals surface area contributed by atoms with Crippen molar-refractivity contribution in [2.45, 2.75) is 44.3 Å². The number of aromatic nitrogens is 1. The zero-order valence-electron chi connectivity index (χ0n) is 19.1. The molecule has 0 radical (unpaired) electrons. The summed E-state index contributed by atoms with van der Waals surface area (Å²) >= 11 is 0. The second-order valence-corrected chi connectivity index (χ2v) is 8.82. The Morgan fingerprint density at radius 3 is 2.34 bits per heavy atom. The third-order valence-corrected chi connectivity index (χ3v) is 6.48. The second-order valence-electron chi connectivity index (χ2n) is 8.82. The minimum absolute atomic E-state index is 0.00865. The lowest BCUT2D eigenvalue weighted by atomic mass is 9.98. The van der Waals surface area contributed by atoms with Crippen LogP contribution in [-0.2, 0) is 16.1 Å². The number of aliphatic carboxylic acids is 1. The third-order valence-electron chi connectivity index (χ3n) is 6.48. The number of ether oxygens (including phenoxy) is 1. The van der Waals surface area contributed by atoms with Gasteiger partial charge in [0.25, 0.3) is 5.91 Å². The van der Waals surface area contributed by atoms with Gasteiger partial charge in [0, 0.05) is 18.0 Å². The van der Waals surface area contributed by atoms with E-state index >= 15 is 0 Å². The van der Waals surface area contributed by atoms with Crippen molar-refractivity contribution in [3.05, 3.63) is 77.2 Å². The summed E-state index contributed by atoms with van der Waals surface area (Å²) in [4.78, 5) is 37.9. The van der Waals surface area contributed by atoms with Crippen LogP contribution >= 0.6 is 0 Å². The van der Waals surface area contributed by atoms with Crippen molar-refractivity contribution in [2.24, 2.45) is 0 Å². The van der Waals surface area contributed by atoms with Gasteiger partial charge in [-0.3, -0.25) is 4.79 Å². The Kier molecular flexibility index (Phi) is 5.98. The first-order chi connectivity index (χ1) is 16.9. The Morgan fingerprint density at radius 1 is 1.11 bits per heavy atom. The van der Waals surface area contributed by atoms with Crippen LogP contribution in [0.15, 0.2) is 59.1 Å². The van der Waals surface area contributed by atoms with E-state index in [1.54, 1.807) is 0 Å². The van der Waals surface area contributed by atoms with E-state index in [2.05, 4.69) is 22.6 Å². The third kappa shape index (κ3) is 4.49. The van der Waals surface area contributed by atoms with Gasteiger partial charge in [-0.05, 0) is 42.0 Å². The summed E-state index contributed by atoms with van der Waals surface area (Å²) in [6.45, 7) is 1.64. The average molecular weight is 476 g/mol. The maximum atomic E-state index is 12.8. The van der Waals surface area contributed by atoms with Gasteiger partial charge in [-0.1, -0.05) is 53.7 Å². The number of hydrogen-bond donors (Lipinski definition) is 2. The monoisotopic (exact) mass is 475 g/mol. The smallest absolute Gasteiger partial charge is 0.407 e. The van der Waals surface area contributed by atoms with Crippen molar-refractivity contribution in [1.29, 1.82) is 0 Å². The molecular formula is C26H25N3O6. The average Bonchev–Trinajstić information content (AvgIpc) is 3.48. The van der Waals surface area contributed by atoms with Crippen molar-refractivity contribution >= 4 is 18.0 Å². The molecule has 1 unspecified atom stereocenters. The van der Waals surface area contributed by atoms with Crippen LogP contribution < -0.4 is 5.32 Å². The molecule has 0 saturated heterocycles. The molecule has 9 nitrogen and oxygen atoms in total. The van der Waals surface area contributed by atoms with Crippen LogP contribution in [0.25, 0.3) is 11.1 Å². The van der Waals surface area contributed by atoms with Crippen LogP contribution in [-0.4, -0.2) is 51.8 Å². The van der Waals surface area contributed by atoms with E-state index in [-0.39, 0.29) is 36.6 Å². The molecular weight excluding hydrogens is 450 g/mol. The summed E-state index contributed by atoms with van der Waals surface area (Å²) in [5, 5.41) is 15.7. The van der Waals surface area contributed by atoms with E-state index in [4.69, 9.17) is 9.26 Å². The van der Waals surface area contributed by atoms with Crippen molar-refractivity contribution in [3.63, 3.8) is 0 Å². The van der Waals surface area contributed by atoms with Gasteiger partial charge in [0.15, 0.2) is 11.5 Å². The van der Waals surface area contributed by atoms with Crippen LogP contribution in [0.1, 0.15) is 53.1 Å². The van der Waals surface area contributed by atoms with E-state index in [0.717, 1.165) is 35.1 Å². The van der Waals surface area contributed by atoms with Crippen molar-refractivity contribution < 1.29 is 28.8 Å². The van der Waals surface area contributed by atoms with Crippen molar-refractivity contribution in [2.75, 3.05) is 6.61 Å². The molecule has 0 aliphatic heterocycles. The predicted molar refractivity (Wildman–Crippen MR) is 125 cm³/mol. The minimum Gasteiger partial charge on any atom is -0.480 e. The van der Waals surface area contributed by atoms with Crippen LogP contribution in [0.2, 0.25) is 0 Å². The molecule has 1 heterocycles. The zero-order chi connectivity index (χ0) is 24.5. The van der Waals surface area contributed by atoms with Gasteiger partial charge in [0.2, 0.25) is 0 Å². The SMILES string of the molecule is CC(C(=O)O)N(C(=O)c1cc(CNC(=O)OCC2c3ccccc3-c3ccccc32)on1)C1CC1. The Balaban J connectivity index is 1.18. The molecule has 3 aromatic rings. The number of amides is 2. The quantitative estimate of drug-likeness (QED) is 0.508. The number of carbonyl (C=O) groups excluding carboxylic acids is 2. The summed E-state index contributed by atoms with van der Waals surface area (Å²) in [5.41, 5.74) is 4.54. The van der Waals surface area contributed by atoms with Gasteiger partial charge in [-0.25, -0.2) is 9.59 Å². The van der Waals surface area contributed by atoms with Gasteiger partial charge in [-0.15, -0.1) is 0 Å². The Morgan fingerprint density at radius 2 is 1.74 bits per heavy atom. The molecule has 0 bridgehead atoms. The minimum atomic E-state index is -1.08. The number of hydrogen-bond acceptors (Lipinski definition) is 6. The summed E-state index contributed by atoms with van der Waals surface area (Å²) in [5.74, 6) is -1.36. The zero-order valence-corrected chi connectivity index (χ0v) is 19.1. The molecule has 1 aromatic heterocycles. The predicted octanol–water partition coefficient (Wildman–Crippen LogP) is 3.79. The molecule has 2 N–H and O–H groups in total. The summed E-state index contributed by atoms with van der Waals surface area (Å²) in [6, 6.07) is 16.5. The number of carboxylic acids is 1. The molecule has 180 valence electrons. The molecule has 9 heteroatoms. The van der Waals surface area contributed by atoms with E-state index in [0.29, 0.717) is 0 Å². The van der Waals surface area contributed by atoms with Gasteiger partial charge >= 0.3 is 12.1 Å². The van der Waals surface area contributed by atoms with Gasteiger partial charge < -0.3 is 24.6 Å². The number of nitrogens with one attached hydrogen (secondary N) is 1. The highest BCUT2D eigenvalue weighted by molar-refractivity contribution is 5.95. The number of rotatable bonds is 8. The number of benzene rings is 2. The van der Waals surface area contributed by atoms with Crippen LogP contribution in [0.5, 0.6) is 0 Å². The molecule has 2 aromatic carbocycles. The summed E-state index contributed by atoms with van der Waals surface area (Å²) in [7, 11) is 0. The maximum absolute atomic E-state index is 12.8. The lowest BCUT2D eigenvalue weighted by Crippen LogP contribution is -2.44. The van der Waals surface area contributed by atoms with E-state index in [1.807, 2.05) is 36.4 Å². The normalized spacial score (nSPS) is 15.1. The topological polar surface area (TPSA) is 122 Å². The Hall–Kier alpha value is -4.14. The highest BCUT2D eigenvalue weighted by Crippen LogP contribution is 2.44. The largest absolute Gasteiger partial charge is 0.480 e. The first-order valence-corrected chi connectivity index (χ1v) is 11.5. The first kappa shape index (κ1) is 22.6. The van der Waals surface area contributed by atoms with E-state index < -0.39 is 24.0 Å². The fourth-order valence-electron chi connectivity index (χ4n) is 4.57. The summed E-state index contributed by atoms with van der Waals surface area (Å²) in [6.07, 6.45) is 0.907. The Bertz CT molecular complexity index is 1240. The lowest BCUT2D eigenvalue weighted by Gasteiger charge is -2.25. The van der Waals surface area contributed by atoms with Gasteiger partial charge in [0.1, 0.15) is 12.6 Å². The number of carbonyl (C=O) groups is 3. The fourth-order valence-corrected chi connectivity index (χ4v) is 4.57. The molecule has 2 aliphatic carbocycles. The molecule has 0 spiro atoms. The Labute approximate surface area is 201 Å². The molecule has 1 atom stereocenters. The molecule has 2 aliphatic rings. The molecule has 5 rings (SSSR count). The molecule has 35 heavy (non-hydrogen) atoms. The standard InChI is InChI=1S/C26H25N3O6/c1-15(25(31)32)29(16-10-11-16)24(30)23-12-17(35-28-23)13-27-26(33)34-14-22-20-8-4-2-6-18(20)19-7-3-5-9-21(19)22/h2-9,12,15-16,22H,10-11,13-14H2,1H3,(H,27,33)(H,31,32). The highest BCUT2D eigenvalue weighted by atomic mass is 16.5. The lowest BCUT2D eigenvalue weighted by molar-refractivity contribution is -0.141. The van der Waals surface area contributed by atoms with Crippen LogP contribution in [0, 0.1) is 0 Å². The maximum Gasteiger partial charge on any atom is 0.407 e. The molecule has 1 saturated carbocycles. The van der Waals surface area contributed by atoms with E-state index in [9.17, 15) is 19.5 Å². The first-order valence-electron chi connectivity index (χ1n) is 11.5. The number of carboxylic acid groups (broad SMARTS) is 1. The van der Waals surface area contributed by atoms with Crippen LogP contribution in [0.3, 0.4) is 0 Å². The summed E-state index contributed by atoms with van der Waals surface area (Å²) < 4.78 is 10.7. The number of alkyl carbamates (subject to hydrolysis) is 1. The van der Waals surface area contributed by atoms with Gasteiger partial charge in [-0.2, -0.15) is 0 Å². The highest BCUT2D eigenvalue weighted by Gasteiger charge is 2.39. The van der Waals surface area contributed by atoms with E-state index in [1.165, 1.54) is 17.9 Å². The van der Waals surface area contributed by atoms with Crippen LogP contribution in [0.4, 0.5) is 4.79 Å². The van der Waals surface area contributed by atoms with Gasteiger partial charge in [0.05, 0.1) is 6.54 Å². The number of nitrogens with zero attached hydrogens (tertiary/aromatic N) is 2.